The van der Waals surface area contributed by atoms with E-state index in [1.807, 2.05) is 24.3 Å². The van der Waals surface area contributed by atoms with Crippen molar-refractivity contribution in [1.29, 1.82) is 0 Å². The van der Waals surface area contributed by atoms with Crippen LogP contribution in [0.4, 0.5) is 0 Å². The molecule has 0 heterocycles. The smallest absolute Gasteiger partial charge is 0.124 e. The van der Waals surface area contributed by atoms with Gasteiger partial charge in [-0.05, 0) is 18.9 Å². The second kappa shape index (κ2) is 6.76. The number of nitrogens with two attached hydrogens (primary N) is 1. The minimum absolute atomic E-state index is 0.183. The van der Waals surface area contributed by atoms with Crippen LogP contribution in [0.1, 0.15) is 37.7 Å². The molecule has 1 aromatic carbocycles. The summed E-state index contributed by atoms with van der Waals surface area (Å²) < 4.78 is 11.3. The molecule has 2 unspecified atom stereocenters. The summed E-state index contributed by atoms with van der Waals surface area (Å²) in [6.07, 6.45) is 6.09. The van der Waals surface area contributed by atoms with E-state index in [-0.39, 0.29) is 12.1 Å². The number of para-hydroxylation sites is 1. The van der Waals surface area contributed by atoms with Gasteiger partial charge in [0.1, 0.15) is 5.75 Å². The van der Waals surface area contributed by atoms with Gasteiger partial charge in [-0.15, -0.1) is 0 Å². The van der Waals surface area contributed by atoms with Gasteiger partial charge in [-0.3, -0.25) is 0 Å². The van der Waals surface area contributed by atoms with Crippen LogP contribution in [0, 0.1) is 0 Å². The normalized spacial score (nSPS) is 24.6. The van der Waals surface area contributed by atoms with Crippen molar-refractivity contribution in [2.75, 3.05) is 7.11 Å². The average molecular weight is 249 g/mol. The molecule has 3 heteroatoms. The van der Waals surface area contributed by atoms with E-state index in [4.69, 9.17) is 15.2 Å². The maximum Gasteiger partial charge on any atom is 0.124 e. The monoisotopic (exact) mass is 249 g/mol. The van der Waals surface area contributed by atoms with Crippen LogP contribution in [0.25, 0.3) is 0 Å². The van der Waals surface area contributed by atoms with Crippen LogP contribution in [-0.4, -0.2) is 19.3 Å². The van der Waals surface area contributed by atoms with Crippen LogP contribution in [-0.2, 0) is 11.3 Å². The lowest BCUT2D eigenvalue weighted by atomic mass is 10.1. The predicted octanol–water partition coefficient (Wildman–Crippen LogP) is 2.87. The lowest BCUT2D eigenvalue weighted by Crippen LogP contribution is -2.35. The summed E-state index contributed by atoms with van der Waals surface area (Å²) in [7, 11) is 1.69. The van der Waals surface area contributed by atoms with Gasteiger partial charge in [-0.25, -0.2) is 0 Å². The highest BCUT2D eigenvalue weighted by Gasteiger charge is 2.21. The summed E-state index contributed by atoms with van der Waals surface area (Å²) in [5, 5.41) is 0. The first-order chi connectivity index (χ1) is 8.81. The third-order valence-corrected chi connectivity index (χ3v) is 3.65. The van der Waals surface area contributed by atoms with E-state index in [1.165, 1.54) is 19.3 Å². The molecule has 18 heavy (non-hydrogen) atoms. The number of hydrogen-bond acceptors (Lipinski definition) is 3. The molecule has 1 fully saturated rings. The molecule has 2 N–H and O–H groups in total. The lowest BCUT2D eigenvalue weighted by Gasteiger charge is -2.22. The van der Waals surface area contributed by atoms with Crippen LogP contribution in [0.15, 0.2) is 24.3 Å². The SMILES string of the molecule is COc1ccccc1COC1CCCCCC1N. The molecular formula is C15H23NO2. The second-order valence-corrected chi connectivity index (χ2v) is 4.96. The Morgan fingerprint density at radius 2 is 1.94 bits per heavy atom. The van der Waals surface area contributed by atoms with Crippen molar-refractivity contribution < 1.29 is 9.47 Å². The molecular weight excluding hydrogens is 226 g/mol. The Bertz CT molecular complexity index is 367. The van der Waals surface area contributed by atoms with E-state index >= 15 is 0 Å². The van der Waals surface area contributed by atoms with Gasteiger partial charge in [-0.2, -0.15) is 0 Å². The van der Waals surface area contributed by atoms with Crippen molar-refractivity contribution in [2.24, 2.45) is 5.73 Å². The molecule has 1 aliphatic rings. The van der Waals surface area contributed by atoms with Crippen molar-refractivity contribution in [2.45, 2.75) is 50.9 Å². The predicted molar refractivity (Wildman–Crippen MR) is 72.6 cm³/mol. The van der Waals surface area contributed by atoms with Gasteiger partial charge < -0.3 is 15.2 Å². The molecule has 2 atom stereocenters. The van der Waals surface area contributed by atoms with E-state index in [2.05, 4.69) is 0 Å². The topological polar surface area (TPSA) is 44.5 Å². The molecule has 1 saturated carbocycles. The van der Waals surface area contributed by atoms with Crippen molar-refractivity contribution in [3.63, 3.8) is 0 Å². The highest BCUT2D eigenvalue weighted by Crippen LogP contribution is 2.23. The summed E-state index contributed by atoms with van der Waals surface area (Å²) in [6.45, 7) is 0.586. The zero-order valence-corrected chi connectivity index (χ0v) is 11.1. The summed E-state index contributed by atoms with van der Waals surface area (Å²) in [6, 6.07) is 8.17. The molecule has 2 rings (SSSR count). The van der Waals surface area contributed by atoms with E-state index < -0.39 is 0 Å². The highest BCUT2D eigenvalue weighted by molar-refractivity contribution is 5.32. The van der Waals surface area contributed by atoms with Gasteiger partial charge in [0.25, 0.3) is 0 Å². The van der Waals surface area contributed by atoms with E-state index in [1.54, 1.807) is 7.11 Å². The van der Waals surface area contributed by atoms with Gasteiger partial charge in [0, 0.05) is 11.6 Å². The number of methoxy groups -OCH3 is 1. The molecule has 0 aromatic heterocycles. The van der Waals surface area contributed by atoms with Gasteiger partial charge in [0.15, 0.2) is 0 Å². The molecule has 0 spiro atoms. The molecule has 0 aliphatic heterocycles. The van der Waals surface area contributed by atoms with Crippen LogP contribution >= 0.6 is 0 Å². The van der Waals surface area contributed by atoms with Gasteiger partial charge in [0.2, 0.25) is 0 Å². The molecule has 1 aromatic rings. The summed E-state index contributed by atoms with van der Waals surface area (Å²) in [5.74, 6) is 0.889. The van der Waals surface area contributed by atoms with Crippen molar-refractivity contribution >= 4 is 0 Å². The Hall–Kier alpha value is -1.06. The van der Waals surface area contributed by atoms with Crippen LogP contribution in [0.3, 0.4) is 0 Å². The first kappa shape index (κ1) is 13.4. The fourth-order valence-corrected chi connectivity index (χ4v) is 2.53. The Kier molecular flexibility index (Phi) is 5.02. The summed E-state index contributed by atoms with van der Waals surface area (Å²) >= 11 is 0. The fourth-order valence-electron chi connectivity index (χ4n) is 2.53. The first-order valence-electron chi connectivity index (χ1n) is 6.80. The third-order valence-electron chi connectivity index (χ3n) is 3.65. The Morgan fingerprint density at radius 1 is 1.17 bits per heavy atom. The quantitative estimate of drug-likeness (QED) is 0.834. The van der Waals surface area contributed by atoms with Crippen LogP contribution in [0.5, 0.6) is 5.75 Å². The Labute approximate surface area is 109 Å². The second-order valence-electron chi connectivity index (χ2n) is 4.96. The molecule has 0 saturated heterocycles. The molecule has 100 valence electrons. The molecule has 0 amide bonds. The first-order valence-corrected chi connectivity index (χ1v) is 6.80. The zero-order valence-electron chi connectivity index (χ0n) is 11.1. The van der Waals surface area contributed by atoms with E-state index in [9.17, 15) is 0 Å². The molecule has 0 bridgehead atoms. The number of ether oxygens (including phenoxy) is 2. The molecule has 0 radical (unpaired) electrons. The van der Waals surface area contributed by atoms with Crippen molar-refractivity contribution in [3.8, 4) is 5.75 Å². The van der Waals surface area contributed by atoms with Gasteiger partial charge >= 0.3 is 0 Å². The molecule has 3 nitrogen and oxygen atoms in total. The standard InChI is InChI=1S/C15H23NO2/c1-17-14-9-6-5-7-12(14)11-18-15-10-4-2-3-8-13(15)16/h5-7,9,13,15H,2-4,8,10-11,16H2,1H3. The van der Waals surface area contributed by atoms with E-state index in [0.717, 1.165) is 24.2 Å². The average Bonchev–Trinajstić information content (AvgIpc) is 2.61. The molecule has 1 aliphatic carbocycles. The number of rotatable bonds is 4. The van der Waals surface area contributed by atoms with Crippen LogP contribution < -0.4 is 10.5 Å². The lowest BCUT2D eigenvalue weighted by molar-refractivity contribution is 0.0186. The highest BCUT2D eigenvalue weighted by atomic mass is 16.5. The van der Waals surface area contributed by atoms with Crippen LogP contribution in [0.2, 0.25) is 0 Å². The minimum Gasteiger partial charge on any atom is -0.496 e. The van der Waals surface area contributed by atoms with Gasteiger partial charge in [0.05, 0.1) is 19.8 Å². The maximum atomic E-state index is 6.16. The Morgan fingerprint density at radius 3 is 2.78 bits per heavy atom. The largest absolute Gasteiger partial charge is 0.496 e. The number of benzene rings is 1. The Balaban J connectivity index is 1.93. The van der Waals surface area contributed by atoms with Crippen molar-refractivity contribution in [1.82, 2.24) is 0 Å². The van der Waals surface area contributed by atoms with E-state index in [0.29, 0.717) is 6.61 Å². The number of hydrogen-bond donors (Lipinski definition) is 1. The summed E-state index contributed by atoms with van der Waals surface area (Å²) in [5.41, 5.74) is 7.25. The maximum absolute atomic E-state index is 6.16. The van der Waals surface area contributed by atoms with Crippen molar-refractivity contribution in [3.05, 3.63) is 29.8 Å². The zero-order chi connectivity index (χ0) is 12.8. The fraction of sp³-hybridized carbons (Fsp3) is 0.600. The summed E-state index contributed by atoms with van der Waals surface area (Å²) in [4.78, 5) is 0. The third kappa shape index (κ3) is 3.47. The minimum atomic E-state index is 0.183. The van der Waals surface area contributed by atoms with Gasteiger partial charge in [-0.1, -0.05) is 37.5 Å².